The minimum atomic E-state index is -1.44. The number of carbonyl (C=O) groups excluding carboxylic acids is 1. The first-order valence-electron chi connectivity index (χ1n) is 8.73. The van der Waals surface area contributed by atoms with Crippen molar-refractivity contribution in [2.45, 2.75) is 12.8 Å². The first kappa shape index (κ1) is 23.2. The maximum Gasteiger partial charge on any atom is 0.342 e. The van der Waals surface area contributed by atoms with Crippen LogP contribution < -0.4 is 0 Å². The SMILES string of the molecule is CC(C(=O)O)c1ccc(C(=O)c2cccs2)cc1.O=C(O)c1cc(O)ccc1[N+](=O)[O-]. The molecule has 0 aliphatic carbocycles. The number of aromatic carboxylic acids is 1. The van der Waals surface area contributed by atoms with E-state index in [0.717, 1.165) is 18.2 Å². The molecule has 1 heterocycles. The van der Waals surface area contributed by atoms with Gasteiger partial charge in [0.15, 0.2) is 0 Å². The van der Waals surface area contributed by atoms with Crippen LogP contribution in [0.25, 0.3) is 0 Å². The van der Waals surface area contributed by atoms with E-state index in [1.807, 2.05) is 11.4 Å². The predicted octanol–water partition coefficient (Wildman–Crippen LogP) is 4.17. The number of aliphatic carboxylic acids is 1. The molecule has 0 amide bonds. The number of benzene rings is 2. The van der Waals surface area contributed by atoms with Gasteiger partial charge in [0, 0.05) is 17.7 Å². The second kappa shape index (κ2) is 10.1. The van der Waals surface area contributed by atoms with E-state index in [9.17, 15) is 24.5 Å². The van der Waals surface area contributed by atoms with Gasteiger partial charge >= 0.3 is 11.9 Å². The summed E-state index contributed by atoms with van der Waals surface area (Å²) >= 11 is 1.40. The van der Waals surface area contributed by atoms with Gasteiger partial charge < -0.3 is 15.3 Å². The number of hydrogen-bond donors (Lipinski definition) is 3. The molecule has 10 heteroatoms. The van der Waals surface area contributed by atoms with E-state index < -0.39 is 34.0 Å². The summed E-state index contributed by atoms with van der Waals surface area (Å²) in [5.41, 5.74) is 0.222. The molecule has 1 unspecified atom stereocenters. The van der Waals surface area contributed by atoms with Crippen molar-refractivity contribution in [3.05, 3.63) is 91.7 Å². The van der Waals surface area contributed by atoms with Gasteiger partial charge in [-0.25, -0.2) is 4.79 Å². The predicted molar refractivity (Wildman–Crippen MR) is 112 cm³/mol. The molecule has 0 aliphatic heterocycles. The van der Waals surface area contributed by atoms with Gasteiger partial charge in [-0.3, -0.25) is 19.7 Å². The molecule has 160 valence electrons. The summed E-state index contributed by atoms with van der Waals surface area (Å²) in [5, 5.41) is 38.5. The number of phenolic OH excluding ortho intramolecular Hbond substituents is 1. The van der Waals surface area contributed by atoms with Gasteiger partial charge in [-0.1, -0.05) is 30.3 Å². The van der Waals surface area contributed by atoms with E-state index in [0.29, 0.717) is 16.0 Å². The average Bonchev–Trinajstić information content (AvgIpc) is 3.27. The van der Waals surface area contributed by atoms with Gasteiger partial charge in [-0.05, 0) is 30.0 Å². The summed E-state index contributed by atoms with van der Waals surface area (Å²) in [6, 6.07) is 13.2. The number of nitro benzene ring substituents is 1. The summed E-state index contributed by atoms with van der Waals surface area (Å²) in [7, 11) is 0. The number of hydrogen-bond acceptors (Lipinski definition) is 7. The Bertz CT molecular complexity index is 1110. The largest absolute Gasteiger partial charge is 0.508 e. The molecule has 1 aromatic heterocycles. The third kappa shape index (κ3) is 5.97. The number of phenols is 1. The van der Waals surface area contributed by atoms with Gasteiger partial charge in [0.2, 0.25) is 5.78 Å². The molecule has 0 aliphatic rings. The fourth-order valence-electron chi connectivity index (χ4n) is 2.47. The van der Waals surface area contributed by atoms with Crippen LogP contribution in [-0.4, -0.2) is 38.0 Å². The minimum Gasteiger partial charge on any atom is -0.508 e. The second-order valence-corrected chi connectivity index (χ2v) is 7.20. The number of aromatic hydroxyl groups is 1. The molecule has 0 bridgehead atoms. The Kier molecular flexibility index (Phi) is 7.58. The molecule has 3 aromatic rings. The fraction of sp³-hybridized carbons (Fsp3) is 0.0952. The van der Waals surface area contributed by atoms with E-state index in [2.05, 4.69) is 0 Å². The molecule has 2 aromatic carbocycles. The number of rotatable bonds is 6. The van der Waals surface area contributed by atoms with Crippen molar-refractivity contribution in [3.63, 3.8) is 0 Å². The van der Waals surface area contributed by atoms with E-state index >= 15 is 0 Å². The maximum atomic E-state index is 12.0. The van der Waals surface area contributed by atoms with Gasteiger partial charge in [0.1, 0.15) is 11.3 Å². The molecule has 9 nitrogen and oxygen atoms in total. The maximum absolute atomic E-state index is 12.0. The lowest BCUT2D eigenvalue weighted by atomic mass is 9.99. The second-order valence-electron chi connectivity index (χ2n) is 6.25. The third-order valence-corrected chi connectivity index (χ3v) is 5.06. The Morgan fingerprint density at radius 2 is 1.68 bits per heavy atom. The van der Waals surface area contributed by atoms with Crippen molar-refractivity contribution >= 4 is 34.7 Å². The molecular weight excluding hydrogens is 426 g/mol. The Hall–Kier alpha value is -4.05. The van der Waals surface area contributed by atoms with Crippen molar-refractivity contribution in [3.8, 4) is 5.75 Å². The summed E-state index contributed by atoms with van der Waals surface area (Å²) in [5.74, 6) is -3.21. The van der Waals surface area contributed by atoms with Crippen LogP contribution in [0, 0.1) is 10.1 Å². The van der Waals surface area contributed by atoms with Crippen LogP contribution >= 0.6 is 11.3 Å². The van der Waals surface area contributed by atoms with E-state index in [1.165, 1.54) is 11.3 Å². The smallest absolute Gasteiger partial charge is 0.342 e. The molecule has 1 atom stereocenters. The molecular formula is C21H17NO8S. The monoisotopic (exact) mass is 443 g/mol. The van der Waals surface area contributed by atoms with Crippen LogP contribution in [0.5, 0.6) is 5.75 Å². The Labute approximate surface area is 180 Å². The number of thiophene rings is 1. The molecule has 0 spiro atoms. The first-order chi connectivity index (χ1) is 14.6. The molecule has 0 saturated carbocycles. The van der Waals surface area contributed by atoms with Gasteiger partial charge in [-0.15, -0.1) is 11.3 Å². The molecule has 0 saturated heterocycles. The van der Waals surface area contributed by atoms with Crippen LogP contribution in [0.15, 0.2) is 60.0 Å². The van der Waals surface area contributed by atoms with E-state index in [4.69, 9.17) is 15.3 Å². The van der Waals surface area contributed by atoms with E-state index in [1.54, 1.807) is 37.3 Å². The molecule has 0 fully saturated rings. The van der Waals surface area contributed by atoms with Gasteiger partial charge in [0.05, 0.1) is 15.7 Å². The highest BCUT2D eigenvalue weighted by molar-refractivity contribution is 7.12. The topological polar surface area (TPSA) is 155 Å². The van der Waals surface area contributed by atoms with Crippen molar-refractivity contribution in [2.24, 2.45) is 0 Å². The number of nitrogens with zero attached hydrogens (tertiary/aromatic N) is 1. The van der Waals surface area contributed by atoms with Crippen LogP contribution in [0.4, 0.5) is 5.69 Å². The zero-order valence-electron chi connectivity index (χ0n) is 16.1. The Morgan fingerprint density at radius 3 is 2.16 bits per heavy atom. The normalized spacial score (nSPS) is 11.0. The molecule has 3 N–H and O–H groups in total. The van der Waals surface area contributed by atoms with Crippen molar-refractivity contribution in [1.82, 2.24) is 0 Å². The Morgan fingerprint density at radius 1 is 1.03 bits per heavy atom. The highest BCUT2D eigenvalue weighted by Gasteiger charge is 2.19. The van der Waals surface area contributed by atoms with Gasteiger partial charge in [0.25, 0.3) is 5.69 Å². The third-order valence-electron chi connectivity index (χ3n) is 4.20. The number of carboxylic acids is 2. The lowest BCUT2D eigenvalue weighted by molar-refractivity contribution is -0.385. The van der Waals surface area contributed by atoms with Crippen molar-refractivity contribution < 1.29 is 34.6 Å². The van der Waals surface area contributed by atoms with E-state index in [-0.39, 0.29) is 11.5 Å². The van der Waals surface area contributed by atoms with Crippen LogP contribution in [-0.2, 0) is 4.79 Å². The van der Waals surface area contributed by atoms with Crippen molar-refractivity contribution in [1.29, 1.82) is 0 Å². The molecule has 31 heavy (non-hydrogen) atoms. The van der Waals surface area contributed by atoms with Crippen LogP contribution in [0.3, 0.4) is 0 Å². The highest BCUT2D eigenvalue weighted by atomic mass is 32.1. The minimum absolute atomic E-state index is 0.0282. The fourth-order valence-corrected chi connectivity index (χ4v) is 3.16. The Balaban J connectivity index is 0.000000233. The number of carbonyl (C=O) groups is 3. The lowest BCUT2D eigenvalue weighted by Crippen LogP contribution is -2.07. The number of carboxylic acid groups (broad SMARTS) is 2. The number of ketones is 1. The molecule has 3 rings (SSSR count). The summed E-state index contributed by atoms with van der Waals surface area (Å²) in [6.45, 7) is 1.62. The first-order valence-corrected chi connectivity index (χ1v) is 9.61. The highest BCUT2D eigenvalue weighted by Crippen LogP contribution is 2.23. The van der Waals surface area contributed by atoms with Crippen LogP contribution in [0.2, 0.25) is 0 Å². The quantitative estimate of drug-likeness (QED) is 0.291. The summed E-state index contributed by atoms with van der Waals surface area (Å²) < 4.78 is 0. The molecule has 0 radical (unpaired) electrons. The van der Waals surface area contributed by atoms with Crippen LogP contribution in [0.1, 0.15) is 44.0 Å². The lowest BCUT2D eigenvalue weighted by Gasteiger charge is -2.06. The van der Waals surface area contributed by atoms with Crippen molar-refractivity contribution in [2.75, 3.05) is 0 Å². The number of nitro groups is 1. The standard InChI is InChI=1S/C14H12O3S.C7H5NO5/c1-9(14(16)17)10-4-6-11(7-5-10)13(15)12-3-2-8-18-12;9-4-1-2-6(8(12)13)5(3-4)7(10)11/h2-9H,1H3,(H,16,17);1-3,9H,(H,10,11). The zero-order chi connectivity index (χ0) is 23.1. The average molecular weight is 443 g/mol. The zero-order valence-corrected chi connectivity index (χ0v) is 16.9. The summed E-state index contributed by atoms with van der Waals surface area (Å²) in [6.07, 6.45) is 0. The van der Waals surface area contributed by atoms with Gasteiger partial charge in [-0.2, -0.15) is 0 Å². The summed E-state index contributed by atoms with van der Waals surface area (Å²) in [4.78, 5) is 43.5.